The molecule has 0 radical (unpaired) electrons. The van der Waals surface area contributed by atoms with Crippen LogP contribution in [0.5, 0.6) is 0 Å². The molecule has 146 valence electrons. The normalized spacial score (nSPS) is 14.5. The molecular weight excluding hydrogens is 360 g/mol. The summed E-state index contributed by atoms with van der Waals surface area (Å²) in [6.45, 7) is 5.26. The molecule has 1 aliphatic heterocycles. The molecule has 0 spiro atoms. The summed E-state index contributed by atoms with van der Waals surface area (Å²) in [6.07, 6.45) is 0. The van der Waals surface area contributed by atoms with Crippen molar-refractivity contribution in [3.63, 3.8) is 0 Å². The van der Waals surface area contributed by atoms with Crippen molar-refractivity contribution in [1.82, 2.24) is 19.7 Å². The van der Waals surface area contributed by atoms with Crippen LogP contribution in [-0.4, -0.2) is 58.3 Å². The molecule has 3 aromatic rings. The minimum Gasteiger partial charge on any atom is -0.408 e. The lowest BCUT2D eigenvalue weighted by molar-refractivity contribution is -0.132. The zero-order valence-electron chi connectivity index (χ0n) is 15.7. The Hall–Kier alpha value is -3.36. The third-order valence-corrected chi connectivity index (χ3v) is 4.83. The summed E-state index contributed by atoms with van der Waals surface area (Å²) in [4.78, 5) is 28.6. The molecule has 1 N–H and O–H groups in total. The van der Waals surface area contributed by atoms with Gasteiger partial charge in [-0.3, -0.25) is 9.36 Å². The summed E-state index contributed by atoms with van der Waals surface area (Å²) < 4.78 is 6.58. The lowest BCUT2D eigenvalue weighted by atomic mass is 10.3. The zero-order chi connectivity index (χ0) is 19.5. The summed E-state index contributed by atoms with van der Waals surface area (Å²) in [6, 6.07) is 10.9. The Labute approximate surface area is 161 Å². The van der Waals surface area contributed by atoms with Gasteiger partial charge in [-0.2, -0.15) is 0 Å². The zero-order valence-corrected chi connectivity index (χ0v) is 15.7. The fourth-order valence-electron chi connectivity index (χ4n) is 3.35. The quantitative estimate of drug-likeness (QED) is 0.707. The van der Waals surface area contributed by atoms with Crippen LogP contribution in [-0.2, 0) is 11.3 Å². The Bertz CT molecular complexity index is 1020. The van der Waals surface area contributed by atoms with Crippen LogP contribution >= 0.6 is 0 Å². The van der Waals surface area contributed by atoms with E-state index in [9.17, 15) is 9.59 Å². The summed E-state index contributed by atoms with van der Waals surface area (Å²) >= 11 is 0. The molecule has 1 aliphatic rings. The number of oxazole rings is 1. The number of hydrogen-bond acceptors (Lipinski definition) is 7. The molecule has 4 rings (SSSR count). The van der Waals surface area contributed by atoms with Crippen molar-refractivity contribution in [3.8, 4) is 0 Å². The van der Waals surface area contributed by atoms with Crippen LogP contribution in [0.15, 0.2) is 45.6 Å². The number of anilines is 2. The molecule has 1 saturated heterocycles. The van der Waals surface area contributed by atoms with Gasteiger partial charge in [0.2, 0.25) is 5.91 Å². The summed E-state index contributed by atoms with van der Waals surface area (Å²) in [5, 5.41) is 11.5. The Kier molecular flexibility index (Phi) is 4.96. The number of nitrogens with zero attached hydrogens (tertiary/aromatic N) is 5. The van der Waals surface area contributed by atoms with Gasteiger partial charge in [-0.15, -0.1) is 10.2 Å². The molecule has 0 saturated carbocycles. The second-order valence-electron chi connectivity index (χ2n) is 6.60. The van der Waals surface area contributed by atoms with Crippen molar-refractivity contribution in [2.75, 3.05) is 42.9 Å². The number of rotatable bonds is 5. The lowest BCUT2D eigenvalue weighted by Gasteiger charge is -2.35. The number of carbonyl (C=O) groups excluding carboxylic acids is 1. The molecule has 1 aromatic carbocycles. The first-order valence-electron chi connectivity index (χ1n) is 9.34. The Morgan fingerprint density at radius 3 is 2.61 bits per heavy atom. The van der Waals surface area contributed by atoms with Crippen LogP contribution in [0, 0.1) is 0 Å². The molecule has 2 aromatic heterocycles. The van der Waals surface area contributed by atoms with Gasteiger partial charge in [0.15, 0.2) is 11.4 Å². The Morgan fingerprint density at radius 2 is 1.89 bits per heavy atom. The second kappa shape index (κ2) is 7.71. The van der Waals surface area contributed by atoms with E-state index >= 15 is 0 Å². The highest BCUT2D eigenvalue weighted by molar-refractivity contribution is 5.79. The predicted molar refractivity (Wildman–Crippen MR) is 105 cm³/mol. The molecule has 3 heterocycles. The molecular formula is C19H22N6O3. The largest absolute Gasteiger partial charge is 0.420 e. The summed E-state index contributed by atoms with van der Waals surface area (Å²) in [5.74, 6) is 0.940. The molecule has 9 nitrogen and oxygen atoms in total. The van der Waals surface area contributed by atoms with E-state index in [1.165, 1.54) is 4.57 Å². The minimum absolute atomic E-state index is 0.0208. The first-order chi connectivity index (χ1) is 13.7. The number of carbonyl (C=O) groups is 1. The smallest absolute Gasteiger partial charge is 0.408 e. The molecule has 0 atom stereocenters. The number of aromatic nitrogens is 3. The first-order valence-corrected chi connectivity index (χ1v) is 9.34. The van der Waals surface area contributed by atoms with Crippen LogP contribution in [0.4, 0.5) is 11.6 Å². The molecule has 1 fully saturated rings. The predicted octanol–water partition coefficient (Wildman–Crippen LogP) is 1.17. The highest BCUT2D eigenvalue weighted by Gasteiger charge is 2.23. The molecule has 0 aliphatic carbocycles. The van der Waals surface area contributed by atoms with Gasteiger partial charge in [-0.05, 0) is 31.2 Å². The van der Waals surface area contributed by atoms with E-state index in [-0.39, 0.29) is 12.5 Å². The van der Waals surface area contributed by atoms with Gasteiger partial charge in [0, 0.05) is 32.7 Å². The number of nitrogens with one attached hydrogen (secondary N) is 1. The number of amides is 1. The topological polar surface area (TPSA) is 96.5 Å². The van der Waals surface area contributed by atoms with Crippen molar-refractivity contribution in [2.45, 2.75) is 13.5 Å². The van der Waals surface area contributed by atoms with Crippen LogP contribution in [0.1, 0.15) is 6.92 Å². The maximum absolute atomic E-state index is 12.7. The average Bonchev–Trinajstić information content (AvgIpc) is 3.04. The number of piperazine rings is 1. The fraction of sp³-hybridized carbons (Fsp3) is 0.368. The van der Waals surface area contributed by atoms with Crippen molar-refractivity contribution in [1.29, 1.82) is 0 Å². The fourth-order valence-corrected chi connectivity index (χ4v) is 3.35. The van der Waals surface area contributed by atoms with Crippen LogP contribution < -0.4 is 16.0 Å². The van der Waals surface area contributed by atoms with Crippen LogP contribution in [0.2, 0.25) is 0 Å². The van der Waals surface area contributed by atoms with Crippen molar-refractivity contribution in [3.05, 3.63) is 46.9 Å². The van der Waals surface area contributed by atoms with Crippen molar-refractivity contribution >= 4 is 28.6 Å². The van der Waals surface area contributed by atoms with E-state index in [0.717, 1.165) is 18.2 Å². The molecule has 0 unspecified atom stereocenters. The first kappa shape index (κ1) is 18.0. The monoisotopic (exact) mass is 382 g/mol. The van der Waals surface area contributed by atoms with Gasteiger partial charge >= 0.3 is 5.76 Å². The minimum atomic E-state index is -0.510. The lowest BCUT2D eigenvalue weighted by Crippen LogP contribution is -2.50. The second-order valence-corrected chi connectivity index (χ2v) is 6.60. The SMILES string of the molecule is CCNc1ccc(N2CCN(C(=O)Cn3c(=O)oc4ccccc43)CC2)nn1. The van der Waals surface area contributed by atoms with Crippen LogP contribution in [0.25, 0.3) is 11.1 Å². The summed E-state index contributed by atoms with van der Waals surface area (Å²) in [7, 11) is 0. The van der Waals surface area contributed by atoms with Crippen molar-refractivity contribution in [2.24, 2.45) is 0 Å². The van der Waals surface area contributed by atoms with Gasteiger partial charge in [-0.1, -0.05) is 12.1 Å². The molecule has 9 heteroatoms. The Balaban J connectivity index is 1.38. The van der Waals surface area contributed by atoms with E-state index in [1.54, 1.807) is 23.1 Å². The number of fused-ring (bicyclic) bond motifs is 1. The van der Waals surface area contributed by atoms with E-state index < -0.39 is 5.76 Å². The van der Waals surface area contributed by atoms with E-state index in [0.29, 0.717) is 37.3 Å². The van der Waals surface area contributed by atoms with Gasteiger partial charge in [-0.25, -0.2) is 4.79 Å². The average molecular weight is 382 g/mol. The molecule has 0 bridgehead atoms. The molecule has 28 heavy (non-hydrogen) atoms. The third kappa shape index (κ3) is 3.55. The Morgan fingerprint density at radius 1 is 1.11 bits per heavy atom. The van der Waals surface area contributed by atoms with Crippen molar-refractivity contribution < 1.29 is 9.21 Å². The van der Waals surface area contributed by atoms with Gasteiger partial charge in [0.1, 0.15) is 12.4 Å². The number of benzene rings is 1. The number of hydrogen-bond donors (Lipinski definition) is 1. The summed E-state index contributed by atoms with van der Waals surface area (Å²) in [5.41, 5.74) is 1.13. The number of para-hydroxylation sites is 2. The molecule has 1 amide bonds. The highest BCUT2D eigenvalue weighted by Crippen LogP contribution is 2.16. The standard InChI is InChI=1S/C19H22N6O3/c1-2-20-16-7-8-17(22-21-16)23-9-11-24(12-10-23)18(26)13-25-14-5-3-4-6-15(14)28-19(25)27/h3-8H,2,9-13H2,1H3,(H,20,21). The van der Waals surface area contributed by atoms with Gasteiger partial charge in [0.25, 0.3) is 0 Å². The van der Waals surface area contributed by atoms with E-state index in [1.807, 2.05) is 25.1 Å². The van der Waals surface area contributed by atoms with Gasteiger partial charge < -0.3 is 19.5 Å². The maximum Gasteiger partial charge on any atom is 0.420 e. The maximum atomic E-state index is 12.7. The highest BCUT2D eigenvalue weighted by atomic mass is 16.4. The van der Waals surface area contributed by atoms with E-state index in [2.05, 4.69) is 20.4 Å². The van der Waals surface area contributed by atoms with Crippen LogP contribution in [0.3, 0.4) is 0 Å². The third-order valence-electron chi connectivity index (χ3n) is 4.83. The van der Waals surface area contributed by atoms with Gasteiger partial charge in [0.05, 0.1) is 5.52 Å². The van der Waals surface area contributed by atoms with E-state index in [4.69, 9.17) is 4.42 Å².